The molecule has 4 unspecified atom stereocenters. The van der Waals surface area contributed by atoms with Crippen LogP contribution < -0.4 is 5.73 Å². The van der Waals surface area contributed by atoms with E-state index in [1.165, 1.54) is 11.1 Å². The summed E-state index contributed by atoms with van der Waals surface area (Å²) in [5.41, 5.74) is 9.15. The first-order chi connectivity index (χ1) is 9.25. The summed E-state index contributed by atoms with van der Waals surface area (Å²) in [4.78, 5) is 0. The van der Waals surface area contributed by atoms with Crippen LogP contribution in [0, 0.1) is 5.92 Å². The SMILES string of the molecule is CC1OCCC1C(N)CC1OCCc2ccccc21. The smallest absolute Gasteiger partial charge is 0.0842 e. The molecule has 0 spiro atoms. The quantitative estimate of drug-likeness (QED) is 0.909. The summed E-state index contributed by atoms with van der Waals surface area (Å²) in [7, 11) is 0. The van der Waals surface area contributed by atoms with Gasteiger partial charge in [-0.15, -0.1) is 0 Å². The van der Waals surface area contributed by atoms with E-state index >= 15 is 0 Å². The largest absolute Gasteiger partial charge is 0.378 e. The van der Waals surface area contributed by atoms with Gasteiger partial charge >= 0.3 is 0 Å². The van der Waals surface area contributed by atoms with Crippen LogP contribution in [0.5, 0.6) is 0 Å². The van der Waals surface area contributed by atoms with Crippen LogP contribution >= 0.6 is 0 Å². The molecule has 19 heavy (non-hydrogen) atoms. The summed E-state index contributed by atoms with van der Waals surface area (Å²) >= 11 is 0. The van der Waals surface area contributed by atoms with Crippen LogP contribution in [-0.4, -0.2) is 25.4 Å². The summed E-state index contributed by atoms with van der Waals surface area (Å²) in [6.07, 6.45) is 3.44. The van der Waals surface area contributed by atoms with E-state index in [-0.39, 0.29) is 18.2 Å². The minimum Gasteiger partial charge on any atom is -0.378 e. The minimum atomic E-state index is 0.160. The summed E-state index contributed by atoms with van der Waals surface area (Å²) in [5, 5.41) is 0. The van der Waals surface area contributed by atoms with Crippen molar-refractivity contribution in [3.8, 4) is 0 Å². The number of hydrogen-bond acceptors (Lipinski definition) is 3. The molecule has 3 heteroatoms. The molecule has 1 saturated heterocycles. The van der Waals surface area contributed by atoms with E-state index in [2.05, 4.69) is 31.2 Å². The molecule has 1 aromatic rings. The highest BCUT2D eigenvalue weighted by Crippen LogP contribution is 2.33. The van der Waals surface area contributed by atoms with Gasteiger partial charge in [-0.3, -0.25) is 0 Å². The summed E-state index contributed by atoms with van der Waals surface area (Å²) in [6, 6.07) is 8.74. The zero-order valence-electron chi connectivity index (χ0n) is 11.5. The summed E-state index contributed by atoms with van der Waals surface area (Å²) < 4.78 is 11.6. The molecule has 2 aliphatic rings. The van der Waals surface area contributed by atoms with Crippen LogP contribution in [0.4, 0.5) is 0 Å². The van der Waals surface area contributed by atoms with Gasteiger partial charge in [0.2, 0.25) is 0 Å². The molecule has 3 nitrogen and oxygen atoms in total. The van der Waals surface area contributed by atoms with E-state index in [4.69, 9.17) is 15.2 Å². The molecule has 2 aliphatic heterocycles. The van der Waals surface area contributed by atoms with Gasteiger partial charge in [0.05, 0.1) is 18.8 Å². The summed E-state index contributed by atoms with van der Waals surface area (Å²) in [6.45, 7) is 3.79. The minimum absolute atomic E-state index is 0.160. The number of rotatable bonds is 3. The van der Waals surface area contributed by atoms with E-state index < -0.39 is 0 Å². The molecule has 1 aromatic carbocycles. The molecular formula is C16H23NO2. The maximum Gasteiger partial charge on any atom is 0.0842 e. The standard InChI is InChI=1S/C16H23NO2/c1-11-13(7-9-18-11)15(17)10-16-14-5-3-2-4-12(14)6-8-19-16/h2-5,11,13,15-16H,6-10,17H2,1H3. The van der Waals surface area contributed by atoms with Crippen molar-refractivity contribution in [3.63, 3.8) is 0 Å². The molecule has 2 heterocycles. The maximum absolute atomic E-state index is 6.40. The van der Waals surface area contributed by atoms with Gasteiger partial charge in [-0.25, -0.2) is 0 Å². The highest BCUT2D eigenvalue weighted by atomic mass is 16.5. The lowest BCUT2D eigenvalue weighted by molar-refractivity contribution is 0.0231. The van der Waals surface area contributed by atoms with Crippen molar-refractivity contribution in [2.45, 2.75) is 44.4 Å². The normalized spacial score (nSPS) is 32.0. The van der Waals surface area contributed by atoms with Gasteiger partial charge in [0.25, 0.3) is 0 Å². The van der Waals surface area contributed by atoms with Crippen LogP contribution in [0.2, 0.25) is 0 Å². The van der Waals surface area contributed by atoms with Crippen LogP contribution in [-0.2, 0) is 15.9 Å². The second-order valence-electron chi connectivity index (χ2n) is 5.74. The average molecular weight is 261 g/mol. The Morgan fingerprint density at radius 2 is 2.11 bits per heavy atom. The molecule has 0 aliphatic carbocycles. The predicted octanol–water partition coefficient (Wildman–Crippen LogP) is 2.44. The molecule has 0 bridgehead atoms. The lowest BCUT2D eigenvalue weighted by Crippen LogP contribution is -2.36. The maximum atomic E-state index is 6.40. The van der Waals surface area contributed by atoms with E-state index in [1.807, 2.05) is 0 Å². The van der Waals surface area contributed by atoms with Crippen molar-refractivity contribution in [3.05, 3.63) is 35.4 Å². The summed E-state index contributed by atoms with van der Waals surface area (Å²) in [5.74, 6) is 0.470. The lowest BCUT2D eigenvalue weighted by Gasteiger charge is -2.30. The van der Waals surface area contributed by atoms with Crippen molar-refractivity contribution >= 4 is 0 Å². The Labute approximate surface area is 115 Å². The van der Waals surface area contributed by atoms with E-state index in [1.54, 1.807) is 0 Å². The zero-order chi connectivity index (χ0) is 13.2. The zero-order valence-corrected chi connectivity index (χ0v) is 11.5. The lowest BCUT2D eigenvalue weighted by atomic mass is 9.86. The number of nitrogens with two attached hydrogens (primary N) is 1. The number of fused-ring (bicyclic) bond motifs is 1. The highest BCUT2D eigenvalue weighted by Gasteiger charge is 2.32. The third kappa shape index (κ3) is 2.69. The van der Waals surface area contributed by atoms with E-state index in [0.29, 0.717) is 5.92 Å². The Kier molecular flexibility index (Phi) is 3.87. The fraction of sp³-hybridized carbons (Fsp3) is 0.625. The van der Waals surface area contributed by atoms with Gasteiger partial charge in [0, 0.05) is 18.6 Å². The van der Waals surface area contributed by atoms with Crippen molar-refractivity contribution in [2.75, 3.05) is 13.2 Å². The van der Waals surface area contributed by atoms with Crippen LogP contribution in [0.25, 0.3) is 0 Å². The first-order valence-electron chi connectivity index (χ1n) is 7.32. The van der Waals surface area contributed by atoms with Crippen molar-refractivity contribution in [1.82, 2.24) is 0 Å². The molecule has 0 saturated carbocycles. The number of ether oxygens (including phenoxy) is 2. The van der Waals surface area contributed by atoms with Crippen LogP contribution in [0.1, 0.15) is 37.0 Å². The molecular weight excluding hydrogens is 238 g/mol. The van der Waals surface area contributed by atoms with Gasteiger partial charge in [-0.2, -0.15) is 0 Å². The molecule has 2 N–H and O–H groups in total. The first-order valence-corrected chi connectivity index (χ1v) is 7.32. The Hall–Kier alpha value is -0.900. The van der Waals surface area contributed by atoms with Gasteiger partial charge in [0.1, 0.15) is 0 Å². The van der Waals surface area contributed by atoms with Gasteiger partial charge in [-0.1, -0.05) is 24.3 Å². The Bertz CT molecular complexity index is 435. The highest BCUT2D eigenvalue weighted by molar-refractivity contribution is 5.31. The number of hydrogen-bond donors (Lipinski definition) is 1. The third-order valence-electron chi connectivity index (χ3n) is 4.56. The average Bonchev–Trinajstić information content (AvgIpc) is 2.85. The Balaban J connectivity index is 1.70. The molecule has 0 aromatic heterocycles. The van der Waals surface area contributed by atoms with Gasteiger partial charge in [-0.05, 0) is 37.3 Å². The molecule has 0 amide bonds. The fourth-order valence-corrected chi connectivity index (χ4v) is 3.40. The van der Waals surface area contributed by atoms with Crippen molar-refractivity contribution in [2.24, 2.45) is 11.7 Å². The number of benzene rings is 1. The van der Waals surface area contributed by atoms with E-state index in [0.717, 1.165) is 32.5 Å². The molecule has 3 rings (SSSR count). The first kappa shape index (κ1) is 13.1. The Morgan fingerprint density at radius 1 is 1.26 bits per heavy atom. The third-order valence-corrected chi connectivity index (χ3v) is 4.56. The molecule has 0 radical (unpaired) electrons. The molecule has 4 atom stereocenters. The monoisotopic (exact) mass is 261 g/mol. The topological polar surface area (TPSA) is 44.5 Å². The fourth-order valence-electron chi connectivity index (χ4n) is 3.40. The van der Waals surface area contributed by atoms with E-state index in [9.17, 15) is 0 Å². The molecule has 1 fully saturated rings. The van der Waals surface area contributed by atoms with Crippen molar-refractivity contribution in [1.29, 1.82) is 0 Å². The Morgan fingerprint density at radius 3 is 2.89 bits per heavy atom. The second-order valence-corrected chi connectivity index (χ2v) is 5.74. The molecule has 104 valence electrons. The van der Waals surface area contributed by atoms with Crippen LogP contribution in [0.15, 0.2) is 24.3 Å². The van der Waals surface area contributed by atoms with Crippen LogP contribution in [0.3, 0.4) is 0 Å². The predicted molar refractivity (Wildman–Crippen MR) is 75.0 cm³/mol. The van der Waals surface area contributed by atoms with Crippen molar-refractivity contribution < 1.29 is 9.47 Å². The van der Waals surface area contributed by atoms with Gasteiger partial charge < -0.3 is 15.2 Å². The second kappa shape index (κ2) is 5.61. The van der Waals surface area contributed by atoms with Gasteiger partial charge in [0.15, 0.2) is 0 Å².